The van der Waals surface area contributed by atoms with Gasteiger partial charge in [0.2, 0.25) is 0 Å². The van der Waals surface area contributed by atoms with Crippen LogP contribution in [0, 0.1) is 0 Å². The van der Waals surface area contributed by atoms with Crippen molar-refractivity contribution in [2.24, 2.45) is 0 Å². The molecule has 0 unspecified atom stereocenters. The highest BCUT2D eigenvalue weighted by atomic mass is 79.9. The SMILES string of the molecule is CCOC(=O)CCN(C(=O)c1cncc(Br)c1)C(C)C. The number of rotatable bonds is 6. The van der Waals surface area contributed by atoms with Gasteiger partial charge in [0.1, 0.15) is 0 Å². The van der Waals surface area contributed by atoms with E-state index in [2.05, 4.69) is 20.9 Å². The van der Waals surface area contributed by atoms with Crippen LogP contribution in [0.2, 0.25) is 0 Å². The molecule has 0 fully saturated rings. The molecule has 5 nitrogen and oxygen atoms in total. The van der Waals surface area contributed by atoms with Gasteiger partial charge in [0, 0.05) is 29.5 Å². The molecule has 0 bridgehead atoms. The summed E-state index contributed by atoms with van der Waals surface area (Å²) in [5, 5.41) is 0. The van der Waals surface area contributed by atoms with E-state index in [1.807, 2.05) is 13.8 Å². The fraction of sp³-hybridized carbons (Fsp3) is 0.500. The summed E-state index contributed by atoms with van der Waals surface area (Å²) in [7, 11) is 0. The van der Waals surface area contributed by atoms with Crippen LogP contribution in [0.15, 0.2) is 22.9 Å². The normalized spacial score (nSPS) is 10.4. The van der Waals surface area contributed by atoms with Gasteiger partial charge in [-0.05, 0) is 42.8 Å². The number of carbonyl (C=O) groups is 2. The maximum Gasteiger partial charge on any atom is 0.307 e. The zero-order valence-corrected chi connectivity index (χ0v) is 13.5. The molecule has 0 aromatic carbocycles. The summed E-state index contributed by atoms with van der Waals surface area (Å²) < 4.78 is 5.63. The number of carbonyl (C=O) groups excluding carboxylic acids is 2. The summed E-state index contributed by atoms with van der Waals surface area (Å²) in [4.78, 5) is 29.5. The zero-order chi connectivity index (χ0) is 15.1. The Hall–Kier alpha value is -1.43. The third-order valence-corrected chi connectivity index (χ3v) is 3.13. The van der Waals surface area contributed by atoms with Crippen molar-refractivity contribution in [1.82, 2.24) is 9.88 Å². The summed E-state index contributed by atoms with van der Waals surface area (Å²) in [6.07, 6.45) is 3.33. The van der Waals surface area contributed by atoms with Crippen molar-refractivity contribution in [2.45, 2.75) is 33.2 Å². The maximum absolute atomic E-state index is 12.4. The molecule has 6 heteroatoms. The van der Waals surface area contributed by atoms with Crippen LogP contribution in [0.3, 0.4) is 0 Å². The maximum atomic E-state index is 12.4. The molecule has 1 amide bonds. The largest absolute Gasteiger partial charge is 0.466 e. The molecule has 1 aromatic heterocycles. The Balaban J connectivity index is 2.75. The van der Waals surface area contributed by atoms with Crippen molar-refractivity contribution < 1.29 is 14.3 Å². The topological polar surface area (TPSA) is 59.5 Å². The lowest BCUT2D eigenvalue weighted by Crippen LogP contribution is -2.38. The van der Waals surface area contributed by atoms with Gasteiger partial charge in [0.15, 0.2) is 0 Å². The number of hydrogen-bond donors (Lipinski definition) is 0. The van der Waals surface area contributed by atoms with Gasteiger partial charge in [-0.15, -0.1) is 0 Å². The lowest BCUT2D eigenvalue weighted by atomic mass is 10.2. The molecule has 0 aliphatic carbocycles. The molecule has 1 heterocycles. The summed E-state index contributed by atoms with van der Waals surface area (Å²) in [5.41, 5.74) is 0.497. The minimum absolute atomic E-state index is 0.00379. The van der Waals surface area contributed by atoms with E-state index in [0.29, 0.717) is 18.7 Å². The minimum Gasteiger partial charge on any atom is -0.466 e. The van der Waals surface area contributed by atoms with Crippen molar-refractivity contribution in [3.63, 3.8) is 0 Å². The van der Waals surface area contributed by atoms with E-state index in [0.717, 1.165) is 4.47 Å². The first kappa shape index (κ1) is 16.6. The van der Waals surface area contributed by atoms with Crippen LogP contribution in [-0.2, 0) is 9.53 Å². The first-order valence-corrected chi connectivity index (χ1v) is 7.32. The van der Waals surface area contributed by atoms with Crippen molar-refractivity contribution in [3.8, 4) is 0 Å². The van der Waals surface area contributed by atoms with Crippen LogP contribution in [0.4, 0.5) is 0 Å². The van der Waals surface area contributed by atoms with Gasteiger partial charge in [-0.3, -0.25) is 14.6 Å². The minimum atomic E-state index is -0.293. The third-order valence-electron chi connectivity index (χ3n) is 2.70. The molecule has 0 N–H and O–H groups in total. The fourth-order valence-corrected chi connectivity index (χ4v) is 2.10. The predicted octanol–water partition coefficient (Wildman–Crippen LogP) is 2.65. The average molecular weight is 343 g/mol. The predicted molar refractivity (Wildman–Crippen MR) is 79.4 cm³/mol. The molecule has 0 saturated heterocycles. The summed E-state index contributed by atoms with van der Waals surface area (Å²) in [6.45, 7) is 6.27. The Morgan fingerprint density at radius 1 is 1.40 bits per heavy atom. The van der Waals surface area contributed by atoms with Crippen LogP contribution in [-0.4, -0.2) is 41.0 Å². The molecular weight excluding hydrogens is 324 g/mol. The van der Waals surface area contributed by atoms with Crippen molar-refractivity contribution in [3.05, 3.63) is 28.5 Å². The second-order valence-electron chi connectivity index (χ2n) is 4.54. The fourth-order valence-electron chi connectivity index (χ4n) is 1.73. The molecule has 0 saturated carbocycles. The highest BCUT2D eigenvalue weighted by molar-refractivity contribution is 9.10. The van der Waals surface area contributed by atoms with E-state index in [1.165, 1.54) is 6.20 Å². The standard InChI is InChI=1S/C14H19BrN2O3/c1-4-20-13(18)5-6-17(10(2)3)14(19)11-7-12(15)9-16-8-11/h7-10H,4-6H2,1-3H3. The van der Waals surface area contributed by atoms with E-state index < -0.39 is 0 Å². The monoisotopic (exact) mass is 342 g/mol. The molecule has 1 rings (SSSR count). The van der Waals surface area contributed by atoms with Crippen molar-refractivity contribution in [1.29, 1.82) is 0 Å². The molecule has 20 heavy (non-hydrogen) atoms. The number of esters is 1. The molecule has 110 valence electrons. The molecule has 1 aromatic rings. The number of hydrogen-bond acceptors (Lipinski definition) is 4. The number of nitrogens with zero attached hydrogens (tertiary/aromatic N) is 2. The Morgan fingerprint density at radius 2 is 2.10 bits per heavy atom. The number of amides is 1. The lowest BCUT2D eigenvalue weighted by molar-refractivity contribution is -0.143. The van der Waals surface area contributed by atoms with Gasteiger partial charge in [-0.25, -0.2) is 0 Å². The molecule has 0 aliphatic heterocycles. The first-order valence-electron chi connectivity index (χ1n) is 6.52. The van der Waals surface area contributed by atoms with Gasteiger partial charge in [-0.2, -0.15) is 0 Å². The van der Waals surface area contributed by atoms with Gasteiger partial charge in [-0.1, -0.05) is 0 Å². The first-order chi connectivity index (χ1) is 9.45. The van der Waals surface area contributed by atoms with Crippen molar-refractivity contribution in [2.75, 3.05) is 13.2 Å². The quantitative estimate of drug-likeness (QED) is 0.745. The van der Waals surface area contributed by atoms with Crippen LogP contribution < -0.4 is 0 Å². The van der Waals surface area contributed by atoms with Gasteiger partial charge in [0.05, 0.1) is 18.6 Å². The van der Waals surface area contributed by atoms with E-state index in [4.69, 9.17) is 4.74 Å². The number of aromatic nitrogens is 1. The smallest absolute Gasteiger partial charge is 0.307 e. The number of ether oxygens (including phenoxy) is 1. The van der Waals surface area contributed by atoms with Gasteiger partial charge >= 0.3 is 5.97 Å². The Morgan fingerprint density at radius 3 is 2.65 bits per heavy atom. The van der Waals surface area contributed by atoms with E-state index in [1.54, 1.807) is 24.1 Å². The lowest BCUT2D eigenvalue weighted by Gasteiger charge is -2.26. The van der Waals surface area contributed by atoms with Crippen LogP contribution in [0.25, 0.3) is 0 Å². The summed E-state index contributed by atoms with van der Waals surface area (Å²) in [6, 6.07) is 1.71. The highest BCUT2D eigenvalue weighted by Crippen LogP contribution is 2.13. The van der Waals surface area contributed by atoms with Crippen LogP contribution in [0.1, 0.15) is 37.6 Å². The average Bonchev–Trinajstić information content (AvgIpc) is 2.38. The van der Waals surface area contributed by atoms with Gasteiger partial charge in [0.25, 0.3) is 5.91 Å². The number of halogens is 1. The second-order valence-corrected chi connectivity index (χ2v) is 5.45. The van der Waals surface area contributed by atoms with Crippen LogP contribution >= 0.6 is 15.9 Å². The summed E-state index contributed by atoms with van der Waals surface area (Å²) >= 11 is 3.29. The molecule has 0 radical (unpaired) electrons. The second kappa shape index (κ2) is 7.99. The molecule has 0 spiro atoms. The highest BCUT2D eigenvalue weighted by Gasteiger charge is 2.20. The third kappa shape index (κ3) is 4.92. The summed E-state index contributed by atoms with van der Waals surface area (Å²) in [5.74, 6) is -0.434. The van der Waals surface area contributed by atoms with Crippen LogP contribution in [0.5, 0.6) is 0 Å². The van der Waals surface area contributed by atoms with Crippen molar-refractivity contribution >= 4 is 27.8 Å². The Bertz CT molecular complexity index is 477. The Kier molecular flexibility index (Phi) is 6.64. The zero-order valence-electron chi connectivity index (χ0n) is 11.9. The molecule has 0 atom stereocenters. The van der Waals surface area contributed by atoms with Gasteiger partial charge < -0.3 is 9.64 Å². The van der Waals surface area contributed by atoms with E-state index in [-0.39, 0.29) is 24.3 Å². The molecule has 0 aliphatic rings. The number of pyridine rings is 1. The van der Waals surface area contributed by atoms with E-state index >= 15 is 0 Å². The Labute approximate surface area is 127 Å². The van der Waals surface area contributed by atoms with E-state index in [9.17, 15) is 9.59 Å². The molecular formula is C14H19BrN2O3.